The van der Waals surface area contributed by atoms with Crippen LogP contribution in [0.4, 0.5) is 0 Å². The number of fused-ring (bicyclic) bond motifs is 1. The Morgan fingerprint density at radius 3 is 2.50 bits per heavy atom. The van der Waals surface area contributed by atoms with Crippen molar-refractivity contribution in [1.82, 2.24) is 0 Å². The Hall–Kier alpha value is -0.900. The SMILES string of the molecule is CC1(C)CCC[C@@]2(C)C1CC[C@](O)(CO)[C@@H]2CCOCc1ccccc1. The summed E-state index contributed by atoms with van der Waals surface area (Å²) in [5, 5.41) is 21.2. The second-order valence-corrected chi connectivity index (χ2v) is 9.58. The fourth-order valence-electron chi connectivity index (χ4n) is 6.24. The minimum atomic E-state index is -0.964. The Morgan fingerprint density at radius 2 is 1.81 bits per heavy atom. The molecule has 2 N–H and O–H groups in total. The lowest BCUT2D eigenvalue weighted by Crippen LogP contribution is -2.60. The maximum atomic E-state index is 11.2. The van der Waals surface area contributed by atoms with E-state index < -0.39 is 5.60 Å². The summed E-state index contributed by atoms with van der Waals surface area (Å²) in [7, 11) is 0. The van der Waals surface area contributed by atoms with Crippen molar-refractivity contribution in [2.75, 3.05) is 13.2 Å². The Morgan fingerprint density at radius 1 is 1.08 bits per heavy atom. The van der Waals surface area contributed by atoms with Gasteiger partial charge in [0, 0.05) is 6.61 Å². The molecule has 1 aromatic carbocycles. The van der Waals surface area contributed by atoms with Crippen LogP contribution >= 0.6 is 0 Å². The summed E-state index contributed by atoms with van der Waals surface area (Å²) in [4.78, 5) is 0. The van der Waals surface area contributed by atoms with E-state index in [2.05, 4.69) is 32.9 Å². The Labute approximate surface area is 158 Å². The van der Waals surface area contributed by atoms with Crippen LogP contribution in [-0.2, 0) is 11.3 Å². The molecule has 0 spiro atoms. The number of aliphatic hydroxyl groups excluding tert-OH is 1. The molecular formula is C23H36O3. The van der Waals surface area contributed by atoms with Gasteiger partial charge < -0.3 is 14.9 Å². The van der Waals surface area contributed by atoms with Crippen molar-refractivity contribution in [1.29, 1.82) is 0 Å². The van der Waals surface area contributed by atoms with Crippen molar-refractivity contribution in [3.05, 3.63) is 35.9 Å². The molecule has 2 fully saturated rings. The zero-order valence-electron chi connectivity index (χ0n) is 16.7. The first-order valence-electron chi connectivity index (χ1n) is 10.3. The fourth-order valence-corrected chi connectivity index (χ4v) is 6.24. The zero-order valence-corrected chi connectivity index (χ0v) is 16.7. The molecule has 3 nitrogen and oxygen atoms in total. The number of hydrogen-bond donors (Lipinski definition) is 2. The van der Waals surface area contributed by atoms with Crippen LogP contribution in [0.15, 0.2) is 30.3 Å². The van der Waals surface area contributed by atoms with E-state index >= 15 is 0 Å². The fraction of sp³-hybridized carbons (Fsp3) is 0.739. The standard InChI is InChI=1S/C23H36O3/c1-21(2)12-7-13-22(3)19(21)10-14-23(25,17-24)20(22)11-15-26-16-18-8-5-4-6-9-18/h4-6,8-9,19-20,24-25H,7,10-17H2,1-3H3/t19?,20-,22+,23+/m1/s1. The molecule has 146 valence electrons. The lowest BCUT2D eigenvalue weighted by Gasteiger charge is -2.61. The van der Waals surface area contributed by atoms with E-state index in [1.165, 1.54) is 18.4 Å². The molecule has 0 bridgehead atoms. The van der Waals surface area contributed by atoms with Crippen molar-refractivity contribution >= 4 is 0 Å². The molecule has 1 aromatic rings. The van der Waals surface area contributed by atoms with Crippen LogP contribution in [0.25, 0.3) is 0 Å². The topological polar surface area (TPSA) is 49.7 Å². The molecule has 0 amide bonds. The maximum Gasteiger partial charge on any atom is 0.0911 e. The molecular weight excluding hydrogens is 324 g/mol. The molecule has 0 saturated heterocycles. The van der Waals surface area contributed by atoms with Gasteiger partial charge in [-0.2, -0.15) is 0 Å². The third-order valence-electron chi connectivity index (χ3n) is 7.52. The lowest BCUT2D eigenvalue weighted by molar-refractivity contribution is -0.194. The Kier molecular flexibility index (Phi) is 5.81. The molecule has 1 unspecified atom stereocenters. The highest BCUT2D eigenvalue weighted by atomic mass is 16.5. The number of ether oxygens (including phenoxy) is 1. The van der Waals surface area contributed by atoms with Crippen molar-refractivity contribution in [2.24, 2.45) is 22.7 Å². The van der Waals surface area contributed by atoms with Gasteiger partial charge in [0.15, 0.2) is 0 Å². The summed E-state index contributed by atoms with van der Waals surface area (Å²) in [5.74, 6) is 0.698. The van der Waals surface area contributed by atoms with E-state index in [1.54, 1.807) is 0 Å². The normalized spacial score (nSPS) is 36.5. The summed E-state index contributed by atoms with van der Waals surface area (Å²) in [6, 6.07) is 10.2. The van der Waals surface area contributed by atoms with Gasteiger partial charge in [0.1, 0.15) is 0 Å². The molecule has 26 heavy (non-hydrogen) atoms. The van der Waals surface area contributed by atoms with Gasteiger partial charge in [-0.05, 0) is 60.3 Å². The first-order chi connectivity index (χ1) is 12.3. The van der Waals surface area contributed by atoms with Crippen LogP contribution in [0.3, 0.4) is 0 Å². The molecule has 3 heteroatoms. The van der Waals surface area contributed by atoms with Gasteiger partial charge >= 0.3 is 0 Å². The van der Waals surface area contributed by atoms with Gasteiger partial charge in [-0.15, -0.1) is 0 Å². The summed E-state index contributed by atoms with van der Waals surface area (Å²) >= 11 is 0. The third-order valence-corrected chi connectivity index (χ3v) is 7.52. The molecule has 0 radical (unpaired) electrons. The van der Waals surface area contributed by atoms with Crippen LogP contribution < -0.4 is 0 Å². The molecule has 4 atom stereocenters. The van der Waals surface area contributed by atoms with Gasteiger partial charge in [0.25, 0.3) is 0 Å². The first-order valence-corrected chi connectivity index (χ1v) is 10.3. The van der Waals surface area contributed by atoms with Gasteiger partial charge in [0.05, 0.1) is 18.8 Å². The smallest absolute Gasteiger partial charge is 0.0911 e. The molecule has 0 aliphatic heterocycles. The Bertz CT molecular complexity index is 584. The predicted molar refractivity (Wildman–Crippen MR) is 105 cm³/mol. The summed E-state index contributed by atoms with van der Waals surface area (Å²) < 4.78 is 5.94. The van der Waals surface area contributed by atoms with Crippen molar-refractivity contribution in [2.45, 2.75) is 71.5 Å². The van der Waals surface area contributed by atoms with E-state index in [0.717, 1.165) is 19.3 Å². The van der Waals surface area contributed by atoms with E-state index in [9.17, 15) is 10.2 Å². The number of hydrogen-bond acceptors (Lipinski definition) is 3. The van der Waals surface area contributed by atoms with Crippen LogP contribution in [0.1, 0.15) is 64.9 Å². The molecule has 2 aliphatic carbocycles. The third kappa shape index (κ3) is 3.72. The largest absolute Gasteiger partial charge is 0.393 e. The van der Waals surface area contributed by atoms with Crippen LogP contribution in [0.2, 0.25) is 0 Å². The molecule has 2 aliphatic rings. The number of rotatable bonds is 6. The first kappa shape index (κ1) is 19.9. The zero-order chi connectivity index (χ0) is 18.8. The van der Waals surface area contributed by atoms with E-state index in [-0.39, 0.29) is 17.9 Å². The van der Waals surface area contributed by atoms with Crippen LogP contribution in [-0.4, -0.2) is 29.0 Å². The molecule has 0 aromatic heterocycles. The van der Waals surface area contributed by atoms with Gasteiger partial charge in [-0.1, -0.05) is 57.5 Å². The van der Waals surface area contributed by atoms with Crippen LogP contribution in [0, 0.1) is 22.7 Å². The summed E-state index contributed by atoms with van der Waals surface area (Å²) in [6.45, 7) is 8.24. The average molecular weight is 361 g/mol. The minimum absolute atomic E-state index is 0.0770. The molecule has 0 heterocycles. The number of aliphatic hydroxyl groups is 2. The second-order valence-electron chi connectivity index (χ2n) is 9.58. The maximum absolute atomic E-state index is 11.2. The summed E-state index contributed by atoms with van der Waals surface area (Å²) in [6.07, 6.45) is 6.16. The van der Waals surface area contributed by atoms with E-state index in [1.807, 2.05) is 18.2 Å². The predicted octanol–water partition coefficient (Wildman–Crippen LogP) is 4.56. The van der Waals surface area contributed by atoms with Gasteiger partial charge in [-0.25, -0.2) is 0 Å². The second kappa shape index (κ2) is 7.61. The highest BCUT2D eigenvalue weighted by molar-refractivity contribution is 5.13. The van der Waals surface area contributed by atoms with Crippen molar-refractivity contribution < 1.29 is 14.9 Å². The average Bonchev–Trinajstić information content (AvgIpc) is 2.60. The minimum Gasteiger partial charge on any atom is -0.393 e. The quantitative estimate of drug-likeness (QED) is 0.731. The summed E-state index contributed by atoms with van der Waals surface area (Å²) in [5.41, 5.74) is 0.603. The number of benzene rings is 1. The van der Waals surface area contributed by atoms with E-state index in [4.69, 9.17) is 4.74 Å². The molecule has 2 saturated carbocycles. The lowest BCUT2D eigenvalue weighted by atomic mass is 9.45. The monoisotopic (exact) mass is 360 g/mol. The van der Waals surface area contributed by atoms with Gasteiger partial charge in [-0.3, -0.25) is 0 Å². The van der Waals surface area contributed by atoms with E-state index in [0.29, 0.717) is 31.0 Å². The molecule has 3 rings (SSSR count). The van der Waals surface area contributed by atoms with Gasteiger partial charge in [0.2, 0.25) is 0 Å². The highest BCUT2D eigenvalue weighted by Crippen LogP contribution is 2.62. The van der Waals surface area contributed by atoms with Crippen molar-refractivity contribution in [3.8, 4) is 0 Å². The highest BCUT2D eigenvalue weighted by Gasteiger charge is 2.58. The van der Waals surface area contributed by atoms with Crippen molar-refractivity contribution in [3.63, 3.8) is 0 Å². The van der Waals surface area contributed by atoms with Crippen LogP contribution in [0.5, 0.6) is 0 Å². The Balaban J connectivity index is 1.70.